The summed E-state index contributed by atoms with van der Waals surface area (Å²) in [5.41, 5.74) is 0. The first-order valence-corrected chi connectivity index (χ1v) is 8.71. The number of aliphatic hydroxyl groups is 1. The quantitative estimate of drug-likeness (QED) is 0.263. The predicted octanol–water partition coefficient (Wildman–Crippen LogP) is 5.19. The van der Waals surface area contributed by atoms with E-state index in [0.717, 1.165) is 19.3 Å². The lowest BCUT2D eigenvalue weighted by Crippen LogP contribution is -2.18. The van der Waals surface area contributed by atoms with E-state index in [1.807, 2.05) is 18.2 Å². The number of hydrogen-bond donors (Lipinski definition) is 2. The second-order valence-electron chi connectivity index (χ2n) is 5.55. The van der Waals surface area contributed by atoms with Crippen LogP contribution in [0.25, 0.3) is 0 Å². The molecule has 3 nitrogen and oxygen atoms in total. The number of unbranched alkanes of at least 4 members (excludes halogenated alkanes) is 4. The molecule has 0 aromatic heterocycles. The molecule has 1 unspecified atom stereocenters. The maximum Gasteiger partial charge on any atom is 0.332 e. The molecule has 0 aliphatic carbocycles. The maximum atomic E-state index is 10.4. The third-order valence-corrected chi connectivity index (χ3v) is 3.37. The first kappa shape index (κ1) is 21.4. The van der Waals surface area contributed by atoms with Crippen molar-refractivity contribution in [2.45, 2.75) is 70.8 Å². The number of allylic oxidation sites excluding steroid dienone is 8. The minimum absolute atomic E-state index is 0.304. The molecule has 3 heteroatoms. The Bertz CT molecular complexity index is 392. The molecule has 0 aromatic rings. The topological polar surface area (TPSA) is 57.5 Å². The molecular formula is C20H32O3. The monoisotopic (exact) mass is 320 g/mol. The third kappa shape index (κ3) is 16.6. The van der Waals surface area contributed by atoms with Crippen LogP contribution in [0, 0.1) is 0 Å². The molecule has 0 fully saturated rings. The normalized spacial score (nSPS) is 13.8. The molecular weight excluding hydrogens is 288 g/mol. The largest absolute Gasteiger partial charge is 0.479 e. The number of aliphatic hydroxyl groups excluding tert-OH is 1. The number of aliphatic carboxylic acids is 1. The van der Waals surface area contributed by atoms with Crippen molar-refractivity contribution >= 4 is 5.97 Å². The molecule has 0 rings (SSSR count). The number of carboxylic acid groups (broad SMARTS) is 1. The van der Waals surface area contributed by atoms with Crippen molar-refractivity contribution < 1.29 is 15.0 Å². The number of rotatable bonds is 14. The fraction of sp³-hybridized carbons (Fsp3) is 0.550. The van der Waals surface area contributed by atoms with Crippen molar-refractivity contribution in [2.24, 2.45) is 0 Å². The van der Waals surface area contributed by atoms with Gasteiger partial charge in [0.25, 0.3) is 0 Å². The highest BCUT2D eigenvalue weighted by molar-refractivity contribution is 5.71. The summed E-state index contributed by atoms with van der Waals surface area (Å²) in [5.74, 6) is -1.14. The fourth-order valence-corrected chi connectivity index (χ4v) is 1.96. The molecule has 0 radical (unpaired) electrons. The third-order valence-electron chi connectivity index (χ3n) is 3.37. The summed E-state index contributed by atoms with van der Waals surface area (Å²) in [6.07, 6.45) is 24.4. The molecule has 0 amide bonds. The average molecular weight is 320 g/mol. The van der Waals surface area contributed by atoms with Crippen molar-refractivity contribution in [1.29, 1.82) is 0 Å². The summed E-state index contributed by atoms with van der Waals surface area (Å²) in [7, 11) is 0. The van der Waals surface area contributed by atoms with Gasteiger partial charge in [0.15, 0.2) is 6.10 Å². The Morgan fingerprint density at radius 2 is 1.48 bits per heavy atom. The van der Waals surface area contributed by atoms with Gasteiger partial charge in [-0.2, -0.15) is 0 Å². The highest BCUT2D eigenvalue weighted by Gasteiger charge is 2.10. The molecule has 0 aromatic carbocycles. The molecule has 1 atom stereocenters. The lowest BCUT2D eigenvalue weighted by Gasteiger charge is -2.01. The minimum atomic E-state index is -1.23. The summed E-state index contributed by atoms with van der Waals surface area (Å²) < 4.78 is 0. The lowest BCUT2D eigenvalue weighted by atomic mass is 10.1. The van der Waals surface area contributed by atoms with Crippen LogP contribution in [0.1, 0.15) is 64.7 Å². The van der Waals surface area contributed by atoms with Gasteiger partial charge in [-0.05, 0) is 44.9 Å². The van der Waals surface area contributed by atoms with Crippen LogP contribution in [0.2, 0.25) is 0 Å². The lowest BCUT2D eigenvalue weighted by molar-refractivity contribution is -0.146. The molecule has 0 saturated carbocycles. The molecule has 23 heavy (non-hydrogen) atoms. The van der Waals surface area contributed by atoms with Crippen molar-refractivity contribution in [3.63, 3.8) is 0 Å². The van der Waals surface area contributed by atoms with Crippen molar-refractivity contribution in [3.05, 3.63) is 48.6 Å². The van der Waals surface area contributed by atoms with Gasteiger partial charge in [-0.1, -0.05) is 68.4 Å². The molecule has 0 heterocycles. The summed E-state index contributed by atoms with van der Waals surface area (Å²) in [6.45, 7) is 2.22. The number of carbonyl (C=O) groups is 1. The van der Waals surface area contributed by atoms with E-state index in [1.54, 1.807) is 0 Å². The van der Waals surface area contributed by atoms with Gasteiger partial charge in [0.1, 0.15) is 0 Å². The van der Waals surface area contributed by atoms with E-state index in [2.05, 4.69) is 37.3 Å². The summed E-state index contributed by atoms with van der Waals surface area (Å²) in [6, 6.07) is 0. The molecule has 0 aliphatic heterocycles. The average Bonchev–Trinajstić information content (AvgIpc) is 2.54. The van der Waals surface area contributed by atoms with E-state index in [4.69, 9.17) is 10.2 Å². The zero-order chi connectivity index (χ0) is 17.2. The zero-order valence-electron chi connectivity index (χ0n) is 14.4. The highest BCUT2D eigenvalue weighted by atomic mass is 16.4. The van der Waals surface area contributed by atoms with Crippen LogP contribution in [-0.4, -0.2) is 22.3 Å². The Hall–Kier alpha value is -1.61. The Morgan fingerprint density at radius 1 is 0.870 bits per heavy atom. The van der Waals surface area contributed by atoms with Gasteiger partial charge in [-0.3, -0.25) is 0 Å². The van der Waals surface area contributed by atoms with E-state index in [9.17, 15) is 4.79 Å². The molecule has 0 saturated heterocycles. The van der Waals surface area contributed by atoms with Crippen LogP contribution in [-0.2, 0) is 4.79 Å². The van der Waals surface area contributed by atoms with Gasteiger partial charge < -0.3 is 10.2 Å². The summed E-state index contributed by atoms with van der Waals surface area (Å²) in [5, 5.41) is 17.6. The SMILES string of the molecule is CCCCCC=CCC=CCC=CC=CCCCC(O)C(=O)O. The van der Waals surface area contributed by atoms with Crippen LogP contribution in [0.4, 0.5) is 0 Å². The molecule has 130 valence electrons. The van der Waals surface area contributed by atoms with Gasteiger partial charge in [0.2, 0.25) is 0 Å². The van der Waals surface area contributed by atoms with Crippen LogP contribution >= 0.6 is 0 Å². The van der Waals surface area contributed by atoms with Crippen LogP contribution in [0.5, 0.6) is 0 Å². The van der Waals surface area contributed by atoms with E-state index < -0.39 is 12.1 Å². The fourth-order valence-electron chi connectivity index (χ4n) is 1.96. The number of hydrogen-bond acceptors (Lipinski definition) is 2. The van der Waals surface area contributed by atoms with Gasteiger partial charge >= 0.3 is 5.97 Å². The maximum absolute atomic E-state index is 10.4. The van der Waals surface area contributed by atoms with Gasteiger partial charge in [0, 0.05) is 0 Å². The second-order valence-corrected chi connectivity index (χ2v) is 5.55. The van der Waals surface area contributed by atoms with E-state index in [-0.39, 0.29) is 0 Å². The smallest absolute Gasteiger partial charge is 0.332 e. The van der Waals surface area contributed by atoms with Crippen molar-refractivity contribution in [3.8, 4) is 0 Å². The van der Waals surface area contributed by atoms with E-state index >= 15 is 0 Å². The molecule has 0 bridgehead atoms. The Morgan fingerprint density at radius 3 is 2.17 bits per heavy atom. The number of carboxylic acids is 1. The second kappa shape index (κ2) is 16.8. The molecule has 0 spiro atoms. The highest BCUT2D eigenvalue weighted by Crippen LogP contribution is 2.02. The summed E-state index contributed by atoms with van der Waals surface area (Å²) >= 11 is 0. The van der Waals surface area contributed by atoms with Crippen LogP contribution in [0.15, 0.2) is 48.6 Å². The Kier molecular flexibility index (Phi) is 15.6. The van der Waals surface area contributed by atoms with Gasteiger partial charge in [0.05, 0.1) is 0 Å². The first-order chi connectivity index (χ1) is 11.2. The van der Waals surface area contributed by atoms with Crippen molar-refractivity contribution in [2.75, 3.05) is 0 Å². The van der Waals surface area contributed by atoms with Crippen LogP contribution < -0.4 is 0 Å². The van der Waals surface area contributed by atoms with Gasteiger partial charge in [-0.25, -0.2) is 4.79 Å². The predicted molar refractivity (Wildman–Crippen MR) is 97.4 cm³/mol. The first-order valence-electron chi connectivity index (χ1n) is 8.71. The van der Waals surface area contributed by atoms with E-state index in [1.165, 1.54) is 25.7 Å². The summed E-state index contributed by atoms with van der Waals surface area (Å²) in [4.78, 5) is 10.4. The standard InChI is InChI=1S/C20H32O3/c1-2-3-4-5-6-7-8-9-10-11-12-13-14-15-16-17-18-19(21)20(22)23/h6-7,9-10,12-15,19,21H,2-5,8,11,16-18H2,1H3,(H,22,23). The van der Waals surface area contributed by atoms with Crippen molar-refractivity contribution in [1.82, 2.24) is 0 Å². The molecule has 2 N–H and O–H groups in total. The molecule has 0 aliphatic rings. The Balaban J connectivity index is 3.50. The minimum Gasteiger partial charge on any atom is -0.479 e. The van der Waals surface area contributed by atoms with Crippen LogP contribution in [0.3, 0.4) is 0 Å². The Labute approximate surface area is 141 Å². The zero-order valence-corrected chi connectivity index (χ0v) is 14.4. The van der Waals surface area contributed by atoms with E-state index in [0.29, 0.717) is 12.8 Å². The van der Waals surface area contributed by atoms with Gasteiger partial charge in [-0.15, -0.1) is 0 Å².